The van der Waals surface area contributed by atoms with Crippen molar-refractivity contribution in [3.05, 3.63) is 29.3 Å². The van der Waals surface area contributed by atoms with Gasteiger partial charge in [-0.2, -0.15) is 0 Å². The topological polar surface area (TPSA) is 9.23 Å². The van der Waals surface area contributed by atoms with E-state index in [1.165, 1.54) is 11.1 Å². The molecule has 0 fully saturated rings. The largest absolute Gasteiger partial charge is 0.496 e. The van der Waals surface area contributed by atoms with Crippen LogP contribution in [0.1, 0.15) is 58.1 Å². The van der Waals surface area contributed by atoms with Crippen molar-refractivity contribution in [3.8, 4) is 5.75 Å². The number of para-hydroxylation sites is 1. The summed E-state index contributed by atoms with van der Waals surface area (Å²) in [6.45, 7) is 9.07. The predicted octanol–water partition coefficient (Wildman–Crippen LogP) is 4.73. The average molecular weight is 234 g/mol. The molecule has 0 heterocycles. The fraction of sp³-hybridized carbons (Fsp3) is 0.625. The maximum Gasteiger partial charge on any atom is 0.125 e. The van der Waals surface area contributed by atoms with Crippen LogP contribution in [0.5, 0.6) is 5.75 Å². The van der Waals surface area contributed by atoms with Gasteiger partial charge in [-0.25, -0.2) is 0 Å². The van der Waals surface area contributed by atoms with E-state index in [1.807, 2.05) is 0 Å². The highest BCUT2D eigenvalue weighted by atomic mass is 16.5. The van der Waals surface area contributed by atoms with Crippen LogP contribution in [0.4, 0.5) is 0 Å². The summed E-state index contributed by atoms with van der Waals surface area (Å²) in [4.78, 5) is 0. The Hall–Kier alpha value is -0.980. The first-order valence-electron chi connectivity index (χ1n) is 6.79. The van der Waals surface area contributed by atoms with Gasteiger partial charge in [0.05, 0.1) is 7.11 Å². The van der Waals surface area contributed by atoms with Gasteiger partial charge >= 0.3 is 0 Å². The molecule has 0 amide bonds. The molecule has 0 saturated heterocycles. The van der Waals surface area contributed by atoms with Crippen LogP contribution in [-0.2, 0) is 11.8 Å². The summed E-state index contributed by atoms with van der Waals surface area (Å²) in [5, 5.41) is 0. The zero-order chi connectivity index (χ0) is 12.9. The first-order valence-corrected chi connectivity index (χ1v) is 6.79. The normalized spacial score (nSPS) is 11.6. The van der Waals surface area contributed by atoms with Crippen LogP contribution >= 0.6 is 0 Å². The summed E-state index contributed by atoms with van der Waals surface area (Å²) < 4.78 is 5.68. The predicted molar refractivity (Wildman–Crippen MR) is 74.9 cm³/mol. The van der Waals surface area contributed by atoms with Gasteiger partial charge in [-0.15, -0.1) is 0 Å². The quantitative estimate of drug-likeness (QED) is 0.691. The van der Waals surface area contributed by atoms with Gasteiger partial charge in [-0.05, 0) is 30.2 Å². The van der Waals surface area contributed by atoms with Crippen molar-refractivity contribution in [2.75, 3.05) is 7.11 Å². The van der Waals surface area contributed by atoms with Crippen LogP contribution in [0, 0.1) is 0 Å². The fourth-order valence-corrected chi connectivity index (χ4v) is 2.40. The Morgan fingerprint density at radius 1 is 1.12 bits per heavy atom. The second-order valence-corrected chi connectivity index (χ2v) is 5.02. The van der Waals surface area contributed by atoms with E-state index < -0.39 is 0 Å². The Bertz CT molecular complexity index is 351. The van der Waals surface area contributed by atoms with Gasteiger partial charge in [0, 0.05) is 5.56 Å². The molecule has 0 spiro atoms. The Morgan fingerprint density at radius 3 is 2.24 bits per heavy atom. The Morgan fingerprint density at radius 2 is 1.76 bits per heavy atom. The summed E-state index contributed by atoms with van der Waals surface area (Å²) in [5.74, 6) is 1.11. The number of hydrogen-bond acceptors (Lipinski definition) is 1. The highest BCUT2D eigenvalue weighted by molar-refractivity contribution is 5.45. The second-order valence-electron chi connectivity index (χ2n) is 5.02. The van der Waals surface area contributed by atoms with Gasteiger partial charge in [-0.1, -0.05) is 52.3 Å². The monoisotopic (exact) mass is 234 g/mol. The van der Waals surface area contributed by atoms with Crippen LogP contribution in [0.3, 0.4) is 0 Å². The third-order valence-corrected chi connectivity index (χ3v) is 4.03. The lowest BCUT2D eigenvalue weighted by Crippen LogP contribution is -2.21. The van der Waals surface area contributed by atoms with Crippen LogP contribution < -0.4 is 4.74 Å². The SMILES string of the molecule is CCCc1cccc(C(C)(CC)CC)c1OC. The minimum atomic E-state index is 0.231. The zero-order valence-corrected chi connectivity index (χ0v) is 12.0. The van der Waals surface area contributed by atoms with E-state index in [1.54, 1.807) is 7.11 Å². The van der Waals surface area contributed by atoms with Gasteiger partial charge in [0.15, 0.2) is 0 Å². The molecule has 0 aromatic heterocycles. The van der Waals surface area contributed by atoms with Crippen molar-refractivity contribution in [2.24, 2.45) is 0 Å². The van der Waals surface area contributed by atoms with Crippen molar-refractivity contribution in [1.82, 2.24) is 0 Å². The van der Waals surface area contributed by atoms with Gasteiger partial charge in [0.2, 0.25) is 0 Å². The first kappa shape index (κ1) is 14.1. The van der Waals surface area contributed by atoms with Crippen LogP contribution in [0.2, 0.25) is 0 Å². The third-order valence-electron chi connectivity index (χ3n) is 4.03. The molecule has 0 aliphatic heterocycles. The molecular weight excluding hydrogens is 208 g/mol. The van der Waals surface area contributed by atoms with Crippen molar-refractivity contribution in [1.29, 1.82) is 0 Å². The molecule has 1 rings (SSSR count). The Labute approximate surface area is 106 Å². The minimum absolute atomic E-state index is 0.231. The molecule has 0 bridgehead atoms. The van der Waals surface area contributed by atoms with Gasteiger partial charge in [-0.3, -0.25) is 0 Å². The molecule has 1 aromatic carbocycles. The zero-order valence-electron chi connectivity index (χ0n) is 12.0. The summed E-state index contributed by atoms with van der Waals surface area (Å²) >= 11 is 0. The average Bonchev–Trinajstić information content (AvgIpc) is 2.38. The lowest BCUT2D eigenvalue weighted by atomic mass is 9.76. The molecule has 1 nitrogen and oxygen atoms in total. The summed E-state index contributed by atoms with van der Waals surface area (Å²) in [7, 11) is 1.80. The number of hydrogen-bond donors (Lipinski definition) is 0. The molecule has 1 aromatic rings. The molecule has 0 saturated carbocycles. The van der Waals surface area contributed by atoms with E-state index in [4.69, 9.17) is 4.74 Å². The van der Waals surface area contributed by atoms with Crippen molar-refractivity contribution in [2.45, 2.75) is 58.8 Å². The lowest BCUT2D eigenvalue weighted by molar-refractivity contribution is 0.369. The molecule has 0 aliphatic carbocycles. The highest BCUT2D eigenvalue weighted by Gasteiger charge is 2.26. The summed E-state index contributed by atoms with van der Waals surface area (Å²) in [5.41, 5.74) is 2.95. The molecule has 0 unspecified atom stereocenters. The number of rotatable bonds is 6. The Kier molecular flexibility index (Phi) is 5.04. The van der Waals surface area contributed by atoms with Gasteiger partial charge in [0.1, 0.15) is 5.75 Å². The van der Waals surface area contributed by atoms with E-state index in [2.05, 4.69) is 45.9 Å². The van der Waals surface area contributed by atoms with E-state index in [0.29, 0.717) is 0 Å². The minimum Gasteiger partial charge on any atom is -0.496 e. The maximum atomic E-state index is 5.68. The number of methoxy groups -OCH3 is 1. The molecule has 1 heteroatoms. The fourth-order valence-electron chi connectivity index (χ4n) is 2.40. The van der Waals surface area contributed by atoms with Crippen LogP contribution in [0.25, 0.3) is 0 Å². The molecule has 0 aliphatic rings. The van der Waals surface area contributed by atoms with Crippen molar-refractivity contribution in [3.63, 3.8) is 0 Å². The summed E-state index contributed by atoms with van der Waals surface area (Å²) in [6.07, 6.45) is 4.56. The second kappa shape index (κ2) is 6.09. The molecule has 0 atom stereocenters. The van der Waals surface area contributed by atoms with Crippen molar-refractivity contribution >= 4 is 0 Å². The molecule has 0 N–H and O–H groups in total. The van der Waals surface area contributed by atoms with E-state index in [0.717, 1.165) is 31.4 Å². The van der Waals surface area contributed by atoms with Gasteiger partial charge < -0.3 is 4.74 Å². The first-order chi connectivity index (χ1) is 8.12. The third kappa shape index (κ3) is 2.83. The van der Waals surface area contributed by atoms with E-state index in [-0.39, 0.29) is 5.41 Å². The lowest BCUT2D eigenvalue weighted by Gasteiger charge is -2.30. The van der Waals surface area contributed by atoms with E-state index >= 15 is 0 Å². The number of aryl methyl sites for hydroxylation is 1. The highest BCUT2D eigenvalue weighted by Crippen LogP contribution is 2.39. The maximum absolute atomic E-state index is 5.68. The van der Waals surface area contributed by atoms with Crippen LogP contribution in [0.15, 0.2) is 18.2 Å². The summed E-state index contributed by atoms with van der Waals surface area (Å²) in [6, 6.07) is 6.59. The van der Waals surface area contributed by atoms with E-state index in [9.17, 15) is 0 Å². The van der Waals surface area contributed by atoms with Gasteiger partial charge in [0.25, 0.3) is 0 Å². The molecule has 17 heavy (non-hydrogen) atoms. The molecule has 0 radical (unpaired) electrons. The Balaban J connectivity index is 3.27. The number of ether oxygens (including phenoxy) is 1. The smallest absolute Gasteiger partial charge is 0.125 e. The molecular formula is C16H26O. The standard InChI is InChI=1S/C16H26O/c1-6-10-13-11-9-12-14(15(13)17-5)16(4,7-2)8-3/h9,11-12H,6-8,10H2,1-5H3. The molecule has 96 valence electrons. The number of benzene rings is 1. The van der Waals surface area contributed by atoms with Crippen molar-refractivity contribution < 1.29 is 4.74 Å². The van der Waals surface area contributed by atoms with Crippen LogP contribution in [-0.4, -0.2) is 7.11 Å².